The molecule has 0 bridgehead atoms. The quantitative estimate of drug-likeness (QED) is 0.0222. The first kappa shape index (κ1) is 81.1. The third kappa shape index (κ3) is 55.1. The van der Waals surface area contributed by atoms with Gasteiger partial charge >= 0.3 is 39.5 Å². The number of aliphatic hydroxyl groups excluding tert-OH is 1. The molecule has 5 unspecified atom stereocenters. The van der Waals surface area contributed by atoms with E-state index in [4.69, 9.17) is 37.0 Å². The van der Waals surface area contributed by atoms with Crippen LogP contribution in [0.15, 0.2) is 0 Å². The fraction of sp³-hybridized carbons (Fsp3) is 0.938. The normalized spacial score (nSPS) is 15.3. The van der Waals surface area contributed by atoms with Gasteiger partial charge in [0, 0.05) is 25.7 Å². The standard InChI is InChI=1S/C64H124O17P2/c1-8-12-13-14-21-31-38-45-61(66)74-51-59(80-63(68)47-40-33-26-19-16-23-29-36-43-56(6)10-3)53-78-82(70,71)76-49-58(65)50-77-83(72,73)79-54-60(81-64(69)48-41-34-27-20-17-24-30-37-44-57(7)11-4)52-75-62(67)46-39-32-25-18-15-22-28-35-42-55(5)9-2/h55-60,65H,8-54H2,1-7H3,(H,70,71)(H,72,73)/t55?,56?,57?,58-,59+,60+/m0/s1. The molecule has 0 saturated heterocycles. The second-order valence-electron chi connectivity index (χ2n) is 23.9. The number of ether oxygens (including phenoxy) is 4. The van der Waals surface area contributed by atoms with Gasteiger partial charge < -0.3 is 33.8 Å². The Labute approximate surface area is 505 Å². The van der Waals surface area contributed by atoms with Gasteiger partial charge in [-0.1, -0.05) is 260 Å². The average Bonchev–Trinajstić information content (AvgIpc) is 3.47. The highest BCUT2D eigenvalue weighted by atomic mass is 31.2. The van der Waals surface area contributed by atoms with E-state index in [0.717, 1.165) is 120 Å². The van der Waals surface area contributed by atoms with Crippen LogP contribution in [0.4, 0.5) is 0 Å². The second kappa shape index (κ2) is 55.4. The highest BCUT2D eigenvalue weighted by molar-refractivity contribution is 7.47. The summed E-state index contributed by atoms with van der Waals surface area (Å²) in [5.74, 6) is 0.175. The molecule has 0 spiro atoms. The van der Waals surface area contributed by atoms with Crippen molar-refractivity contribution in [1.29, 1.82) is 0 Å². The fourth-order valence-electron chi connectivity index (χ4n) is 9.38. The van der Waals surface area contributed by atoms with E-state index < -0.39 is 97.5 Å². The number of carbonyl (C=O) groups excluding carboxylic acids is 4. The SMILES string of the molecule is CCCCCCCCCC(=O)OC[C@H](COP(=O)(O)OC[C@H](O)COP(=O)(O)OC[C@@H](COC(=O)CCCCCCCCCCC(C)CC)OC(=O)CCCCCCCCCCC(C)CC)OC(=O)CCCCCCCCCCC(C)CC. The van der Waals surface area contributed by atoms with Crippen molar-refractivity contribution in [2.24, 2.45) is 17.8 Å². The number of phosphoric ester groups is 2. The number of esters is 4. The van der Waals surface area contributed by atoms with Crippen molar-refractivity contribution in [3.8, 4) is 0 Å². The summed E-state index contributed by atoms with van der Waals surface area (Å²) in [6.07, 6.45) is 36.1. The molecule has 0 rings (SSSR count). The summed E-state index contributed by atoms with van der Waals surface area (Å²) in [5, 5.41) is 10.5. The van der Waals surface area contributed by atoms with Crippen molar-refractivity contribution in [2.75, 3.05) is 39.6 Å². The number of unbranched alkanes of at least 4 members (excludes halogenated alkanes) is 27. The Morgan fingerprint density at radius 3 is 0.855 bits per heavy atom. The number of hydrogen-bond donors (Lipinski definition) is 3. The molecule has 0 amide bonds. The van der Waals surface area contributed by atoms with E-state index in [1.807, 2.05) is 0 Å². The predicted molar refractivity (Wildman–Crippen MR) is 331 cm³/mol. The number of aliphatic hydroxyl groups is 1. The lowest BCUT2D eigenvalue weighted by atomic mass is 9.99. The van der Waals surface area contributed by atoms with Gasteiger partial charge in [-0.05, 0) is 43.4 Å². The number of carbonyl (C=O) groups is 4. The van der Waals surface area contributed by atoms with Crippen LogP contribution in [-0.2, 0) is 65.4 Å². The third-order valence-electron chi connectivity index (χ3n) is 15.7. The third-order valence-corrected chi connectivity index (χ3v) is 17.6. The zero-order chi connectivity index (χ0) is 61.7. The minimum atomic E-state index is -4.95. The van der Waals surface area contributed by atoms with Gasteiger partial charge in [-0.2, -0.15) is 0 Å². The molecule has 0 aliphatic heterocycles. The molecular formula is C64H124O17P2. The van der Waals surface area contributed by atoms with E-state index in [2.05, 4.69) is 48.5 Å². The zero-order valence-corrected chi connectivity index (χ0v) is 55.4. The molecular weight excluding hydrogens is 1100 g/mol. The number of rotatable bonds is 62. The molecule has 3 N–H and O–H groups in total. The molecule has 0 heterocycles. The summed E-state index contributed by atoms with van der Waals surface area (Å²) in [6.45, 7) is 11.7. The predicted octanol–water partition coefficient (Wildman–Crippen LogP) is 17.5. The number of hydrogen-bond acceptors (Lipinski definition) is 15. The van der Waals surface area contributed by atoms with Gasteiger partial charge in [-0.15, -0.1) is 0 Å². The van der Waals surface area contributed by atoms with Crippen LogP contribution in [0.5, 0.6) is 0 Å². The minimum absolute atomic E-state index is 0.104. The molecule has 17 nitrogen and oxygen atoms in total. The Morgan fingerprint density at radius 1 is 0.337 bits per heavy atom. The summed E-state index contributed by atoms with van der Waals surface area (Å²) in [4.78, 5) is 72.1. The van der Waals surface area contributed by atoms with Crippen LogP contribution in [0.3, 0.4) is 0 Å². The summed E-state index contributed by atoms with van der Waals surface area (Å²) in [5.41, 5.74) is 0. The summed E-state index contributed by atoms with van der Waals surface area (Å²) >= 11 is 0. The average molecular weight is 1230 g/mol. The highest BCUT2D eigenvalue weighted by Gasteiger charge is 2.30. The molecule has 83 heavy (non-hydrogen) atoms. The summed E-state index contributed by atoms with van der Waals surface area (Å²) in [7, 11) is -9.89. The number of phosphoric acid groups is 2. The van der Waals surface area contributed by atoms with Gasteiger partial charge in [0.15, 0.2) is 12.2 Å². The van der Waals surface area contributed by atoms with Crippen molar-refractivity contribution in [1.82, 2.24) is 0 Å². The lowest BCUT2D eigenvalue weighted by molar-refractivity contribution is -0.161. The van der Waals surface area contributed by atoms with Crippen LogP contribution in [-0.4, -0.2) is 96.7 Å². The molecule has 0 aromatic carbocycles. The maximum atomic E-state index is 13.0. The smallest absolute Gasteiger partial charge is 0.462 e. The van der Waals surface area contributed by atoms with Crippen LogP contribution in [0.25, 0.3) is 0 Å². The maximum Gasteiger partial charge on any atom is 0.472 e. The first-order valence-electron chi connectivity index (χ1n) is 33.5. The monoisotopic (exact) mass is 1230 g/mol. The van der Waals surface area contributed by atoms with Crippen LogP contribution in [0.1, 0.15) is 312 Å². The topological polar surface area (TPSA) is 237 Å². The van der Waals surface area contributed by atoms with Crippen LogP contribution < -0.4 is 0 Å². The first-order valence-corrected chi connectivity index (χ1v) is 36.5. The molecule has 0 saturated carbocycles. The Balaban J connectivity index is 5.24. The van der Waals surface area contributed by atoms with E-state index in [1.165, 1.54) is 109 Å². The van der Waals surface area contributed by atoms with Gasteiger partial charge in [0.25, 0.3) is 0 Å². The molecule has 19 heteroatoms. The van der Waals surface area contributed by atoms with Gasteiger partial charge in [0.2, 0.25) is 0 Å². The van der Waals surface area contributed by atoms with Crippen LogP contribution >= 0.6 is 15.6 Å². The van der Waals surface area contributed by atoms with Crippen molar-refractivity contribution in [2.45, 2.75) is 330 Å². The van der Waals surface area contributed by atoms with E-state index >= 15 is 0 Å². The van der Waals surface area contributed by atoms with Crippen LogP contribution in [0, 0.1) is 17.8 Å². The first-order chi connectivity index (χ1) is 39.8. The van der Waals surface area contributed by atoms with E-state index in [-0.39, 0.29) is 25.7 Å². The Hall–Kier alpha value is -1.94. The van der Waals surface area contributed by atoms with Crippen molar-refractivity contribution in [3.63, 3.8) is 0 Å². The fourth-order valence-corrected chi connectivity index (χ4v) is 11.0. The molecule has 492 valence electrons. The van der Waals surface area contributed by atoms with E-state index in [0.29, 0.717) is 25.7 Å². The van der Waals surface area contributed by atoms with E-state index in [9.17, 15) is 43.2 Å². The highest BCUT2D eigenvalue weighted by Crippen LogP contribution is 2.45. The lowest BCUT2D eigenvalue weighted by Crippen LogP contribution is -2.30. The van der Waals surface area contributed by atoms with Crippen molar-refractivity contribution < 1.29 is 80.2 Å². The van der Waals surface area contributed by atoms with Crippen LogP contribution in [0.2, 0.25) is 0 Å². The van der Waals surface area contributed by atoms with Gasteiger partial charge in [-0.3, -0.25) is 37.3 Å². The Bertz CT molecular complexity index is 1650. The lowest BCUT2D eigenvalue weighted by Gasteiger charge is -2.21. The maximum absolute atomic E-state index is 13.0. The summed E-state index contributed by atoms with van der Waals surface area (Å²) in [6, 6.07) is 0. The van der Waals surface area contributed by atoms with Crippen molar-refractivity contribution >= 4 is 39.5 Å². The molecule has 0 aromatic rings. The van der Waals surface area contributed by atoms with Gasteiger partial charge in [0.1, 0.15) is 19.3 Å². The Kier molecular flexibility index (Phi) is 54.1. The molecule has 8 atom stereocenters. The van der Waals surface area contributed by atoms with E-state index in [1.54, 1.807) is 0 Å². The molecule has 0 aliphatic rings. The molecule has 0 aliphatic carbocycles. The second-order valence-corrected chi connectivity index (χ2v) is 26.8. The largest absolute Gasteiger partial charge is 0.472 e. The molecule has 0 fully saturated rings. The molecule has 0 aromatic heterocycles. The van der Waals surface area contributed by atoms with Gasteiger partial charge in [0.05, 0.1) is 26.4 Å². The van der Waals surface area contributed by atoms with Gasteiger partial charge in [-0.25, -0.2) is 9.13 Å². The minimum Gasteiger partial charge on any atom is -0.462 e. The summed E-state index contributed by atoms with van der Waals surface area (Å²) < 4.78 is 67.9. The molecule has 0 radical (unpaired) electrons. The zero-order valence-electron chi connectivity index (χ0n) is 53.6. The van der Waals surface area contributed by atoms with Crippen molar-refractivity contribution in [3.05, 3.63) is 0 Å². The Morgan fingerprint density at radius 2 is 0.578 bits per heavy atom.